The Balaban J connectivity index is 2.26. The molecule has 0 unspecified atom stereocenters. The lowest BCUT2D eigenvalue weighted by Crippen LogP contribution is -2.15. The van der Waals surface area contributed by atoms with Crippen LogP contribution in [0.25, 0.3) is 10.8 Å². The van der Waals surface area contributed by atoms with E-state index >= 15 is 0 Å². The highest BCUT2D eigenvalue weighted by Crippen LogP contribution is 2.35. The second-order valence-electron chi connectivity index (χ2n) is 3.94. The van der Waals surface area contributed by atoms with Gasteiger partial charge in [0.2, 0.25) is 0 Å². The molecule has 0 aromatic heterocycles. The van der Waals surface area contributed by atoms with Gasteiger partial charge in [-0.05, 0) is 35.0 Å². The van der Waals surface area contributed by atoms with Gasteiger partial charge < -0.3 is 15.2 Å². The minimum atomic E-state index is 0.476. The lowest BCUT2D eigenvalue weighted by molar-refractivity contribution is 0.112. The Kier molecular flexibility index (Phi) is 2.14. The molecule has 1 aliphatic rings. The average Bonchev–Trinajstić information content (AvgIpc) is 2.35. The summed E-state index contributed by atoms with van der Waals surface area (Å²) in [4.78, 5) is 10.8. The number of nitrogen functional groups attached to an aromatic ring is 1. The maximum Gasteiger partial charge on any atom is 0.162 e. The molecule has 4 nitrogen and oxygen atoms in total. The van der Waals surface area contributed by atoms with E-state index in [9.17, 15) is 4.79 Å². The molecule has 0 saturated heterocycles. The Morgan fingerprint density at radius 2 is 1.59 bits per heavy atom. The van der Waals surface area contributed by atoms with Crippen LogP contribution in [0.2, 0.25) is 0 Å². The zero-order chi connectivity index (χ0) is 11.8. The summed E-state index contributed by atoms with van der Waals surface area (Å²) in [5.41, 5.74) is 6.74. The Bertz CT molecular complexity index is 607. The van der Waals surface area contributed by atoms with Crippen LogP contribution in [0.3, 0.4) is 0 Å². The minimum Gasteiger partial charge on any atom is -0.486 e. The molecule has 0 radical (unpaired) electrons. The van der Waals surface area contributed by atoms with E-state index < -0.39 is 0 Å². The van der Waals surface area contributed by atoms with E-state index in [0.717, 1.165) is 22.8 Å². The summed E-state index contributed by atoms with van der Waals surface area (Å²) < 4.78 is 11.0. The first kappa shape index (κ1) is 9.96. The molecule has 2 aromatic rings. The Labute approximate surface area is 97.9 Å². The smallest absolute Gasteiger partial charge is 0.162 e. The van der Waals surface area contributed by atoms with Gasteiger partial charge in [0, 0.05) is 11.3 Å². The van der Waals surface area contributed by atoms with Crippen LogP contribution in [0, 0.1) is 0 Å². The number of benzene rings is 2. The number of carbonyl (C=O) groups is 1. The first-order chi connectivity index (χ1) is 8.28. The van der Waals surface area contributed by atoms with E-state index in [0.29, 0.717) is 30.2 Å². The quantitative estimate of drug-likeness (QED) is 0.600. The molecular formula is C13H11NO3. The summed E-state index contributed by atoms with van der Waals surface area (Å²) in [6.07, 6.45) is 0.756. The fourth-order valence-electron chi connectivity index (χ4n) is 1.97. The van der Waals surface area contributed by atoms with Crippen LogP contribution in [0.1, 0.15) is 10.4 Å². The van der Waals surface area contributed by atoms with E-state index in [1.54, 1.807) is 12.1 Å². The average molecular weight is 229 g/mol. The van der Waals surface area contributed by atoms with E-state index in [-0.39, 0.29) is 0 Å². The first-order valence-corrected chi connectivity index (χ1v) is 5.36. The largest absolute Gasteiger partial charge is 0.486 e. The van der Waals surface area contributed by atoms with Crippen LogP contribution >= 0.6 is 0 Å². The van der Waals surface area contributed by atoms with Crippen molar-refractivity contribution >= 4 is 22.7 Å². The summed E-state index contributed by atoms with van der Waals surface area (Å²) in [5.74, 6) is 1.44. The Hall–Kier alpha value is -2.23. The third-order valence-corrected chi connectivity index (χ3v) is 2.83. The molecule has 2 N–H and O–H groups in total. The summed E-state index contributed by atoms with van der Waals surface area (Å²) >= 11 is 0. The number of carbonyl (C=O) groups excluding carboxylic acids is 1. The van der Waals surface area contributed by atoms with Crippen LogP contribution in [-0.2, 0) is 0 Å². The Morgan fingerprint density at radius 3 is 2.18 bits per heavy atom. The van der Waals surface area contributed by atoms with Crippen LogP contribution in [0.15, 0.2) is 24.3 Å². The SMILES string of the molecule is Nc1cc2cc3c(cc2cc1C=O)OCCO3. The van der Waals surface area contributed by atoms with Gasteiger partial charge in [-0.15, -0.1) is 0 Å². The molecule has 4 heteroatoms. The second-order valence-corrected chi connectivity index (χ2v) is 3.94. The molecule has 0 fully saturated rings. The van der Waals surface area contributed by atoms with Gasteiger partial charge in [0.1, 0.15) is 13.2 Å². The van der Waals surface area contributed by atoms with Gasteiger partial charge in [0.15, 0.2) is 17.8 Å². The van der Waals surface area contributed by atoms with Crippen LogP contribution in [0.5, 0.6) is 11.5 Å². The lowest BCUT2D eigenvalue weighted by Gasteiger charge is -2.19. The number of fused-ring (bicyclic) bond motifs is 2. The summed E-state index contributed by atoms with van der Waals surface area (Å²) in [6, 6.07) is 7.29. The molecule has 0 saturated carbocycles. The van der Waals surface area contributed by atoms with Crippen molar-refractivity contribution in [2.75, 3.05) is 18.9 Å². The minimum absolute atomic E-state index is 0.476. The van der Waals surface area contributed by atoms with Gasteiger partial charge >= 0.3 is 0 Å². The highest BCUT2D eigenvalue weighted by Gasteiger charge is 2.13. The fraction of sp³-hybridized carbons (Fsp3) is 0.154. The number of anilines is 1. The predicted octanol–water partition coefficient (Wildman–Crippen LogP) is 2.01. The van der Waals surface area contributed by atoms with Gasteiger partial charge in [0.25, 0.3) is 0 Å². The number of ether oxygens (including phenoxy) is 2. The van der Waals surface area contributed by atoms with E-state index in [1.165, 1.54) is 0 Å². The summed E-state index contributed by atoms with van der Waals surface area (Å²) in [5, 5.41) is 1.86. The molecule has 1 aliphatic heterocycles. The van der Waals surface area contributed by atoms with Crippen molar-refractivity contribution in [3.63, 3.8) is 0 Å². The van der Waals surface area contributed by atoms with Gasteiger partial charge in [-0.25, -0.2) is 0 Å². The highest BCUT2D eigenvalue weighted by atomic mass is 16.6. The summed E-state index contributed by atoms with van der Waals surface area (Å²) in [6.45, 7) is 1.11. The third-order valence-electron chi connectivity index (χ3n) is 2.83. The lowest BCUT2D eigenvalue weighted by atomic mass is 10.0. The van der Waals surface area contributed by atoms with E-state index in [1.807, 2.05) is 12.1 Å². The highest BCUT2D eigenvalue weighted by molar-refractivity contribution is 5.96. The molecule has 17 heavy (non-hydrogen) atoms. The monoisotopic (exact) mass is 229 g/mol. The second kappa shape index (κ2) is 3.66. The molecule has 2 aromatic carbocycles. The van der Waals surface area contributed by atoms with Crippen LogP contribution < -0.4 is 15.2 Å². The van der Waals surface area contributed by atoms with Crippen LogP contribution in [0.4, 0.5) is 5.69 Å². The number of aldehydes is 1. The first-order valence-electron chi connectivity index (χ1n) is 5.36. The topological polar surface area (TPSA) is 61.6 Å². The van der Waals surface area contributed by atoms with Crippen molar-refractivity contribution in [3.8, 4) is 11.5 Å². The van der Waals surface area contributed by atoms with Crippen molar-refractivity contribution in [2.45, 2.75) is 0 Å². The molecule has 3 rings (SSSR count). The van der Waals surface area contributed by atoms with Crippen molar-refractivity contribution in [1.29, 1.82) is 0 Å². The van der Waals surface area contributed by atoms with Crippen molar-refractivity contribution < 1.29 is 14.3 Å². The number of nitrogens with two attached hydrogens (primary N) is 1. The molecule has 0 amide bonds. The molecule has 0 atom stereocenters. The normalized spacial score (nSPS) is 13.6. The van der Waals surface area contributed by atoms with E-state index in [4.69, 9.17) is 15.2 Å². The van der Waals surface area contributed by atoms with Crippen molar-refractivity contribution in [2.24, 2.45) is 0 Å². The fourth-order valence-corrected chi connectivity index (χ4v) is 1.97. The zero-order valence-corrected chi connectivity index (χ0v) is 9.10. The van der Waals surface area contributed by atoms with E-state index in [2.05, 4.69) is 0 Å². The summed E-state index contributed by atoms with van der Waals surface area (Å²) in [7, 11) is 0. The maximum atomic E-state index is 10.8. The number of rotatable bonds is 1. The van der Waals surface area contributed by atoms with Crippen molar-refractivity contribution in [1.82, 2.24) is 0 Å². The standard InChI is InChI=1S/C13H11NO3/c14-11-4-9-6-13-12(16-1-2-17-13)5-8(9)3-10(11)7-15/h3-7H,1-2,14H2. The third kappa shape index (κ3) is 1.58. The molecule has 0 bridgehead atoms. The number of hydrogen-bond acceptors (Lipinski definition) is 4. The number of hydrogen-bond donors (Lipinski definition) is 1. The van der Waals surface area contributed by atoms with Gasteiger partial charge in [-0.1, -0.05) is 0 Å². The predicted molar refractivity (Wildman–Crippen MR) is 64.7 cm³/mol. The molecule has 1 heterocycles. The van der Waals surface area contributed by atoms with Gasteiger partial charge in [-0.3, -0.25) is 4.79 Å². The Morgan fingerprint density at radius 1 is 1.00 bits per heavy atom. The molecule has 0 spiro atoms. The maximum absolute atomic E-state index is 10.8. The zero-order valence-electron chi connectivity index (χ0n) is 9.10. The van der Waals surface area contributed by atoms with Crippen molar-refractivity contribution in [3.05, 3.63) is 29.8 Å². The molecule has 86 valence electrons. The van der Waals surface area contributed by atoms with Crippen LogP contribution in [-0.4, -0.2) is 19.5 Å². The molecular weight excluding hydrogens is 218 g/mol. The van der Waals surface area contributed by atoms with Gasteiger partial charge in [-0.2, -0.15) is 0 Å². The molecule has 0 aliphatic carbocycles. The van der Waals surface area contributed by atoms with Gasteiger partial charge in [0.05, 0.1) is 0 Å².